The van der Waals surface area contributed by atoms with Crippen LogP contribution in [0, 0.1) is 0 Å². The molecule has 0 aliphatic rings. The number of ether oxygens (including phenoxy) is 3. The monoisotopic (exact) mass is 399 g/mol. The zero-order chi connectivity index (χ0) is 20.0. The van der Waals surface area contributed by atoms with Gasteiger partial charge in [0.2, 0.25) is 0 Å². The van der Waals surface area contributed by atoms with Gasteiger partial charge in [-0.1, -0.05) is 30.3 Å². The Kier molecular flexibility index (Phi) is 6.06. The summed E-state index contributed by atoms with van der Waals surface area (Å²) in [6.45, 7) is 0.439. The minimum absolute atomic E-state index is 0.0280. The van der Waals surface area contributed by atoms with Gasteiger partial charge in [0.25, 0.3) is 10.0 Å². The van der Waals surface area contributed by atoms with E-state index in [1.165, 1.54) is 26.4 Å². The van der Waals surface area contributed by atoms with Crippen LogP contribution in [-0.2, 0) is 16.6 Å². The molecule has 3 aromatic rings. The van der Waals surface area contributed by atoms with Gasteiger partial charge in [0.15, 0.2) is 0 Å². The minimum atomic E-state index is -3.82. The maximum Gasteiger partial charge on any atom is 0.265 e. The third-order valence-electron chi connectivity index (χ3n) is 4.02. The number of sulfonamides is 1. The van der Waals surface area contributed by atoms with Crippen molar-refractivity contribution < 1.29 is 22.6 Å². The quantitative estimate of drug-likeness (QED) is 0.618. The van der Waals surface area contributed by atoms with E-state index in [1.54, 1.807) is 30.3 Å². The van der Waals surface area contributed by atoms with E-state index in [2.05, 4.69) is 4.72 Å². The molecule has 0 amide bonds. The number of methoxy groups -OCH3 is 2. The maximum absolute atomic E-state index is 12.7. The second-order valence-corrected chi connectivity index (χ2v) is 7.57. The molecule has 3 rings (SSSR count). The number of anilines is 1. The molecule has 1 N–H and O–H groups in total. The second-order valence-electron chi connectivity index (χ2n) is 5.92. The van der Waals surface area contributed by atoms with Crippen LogP contribution in [-0.4, -0.2) is 22.6 Å². The summed E-state index contributed by atoms with van der Waals surface area (Å²) in [4.78, 5) is 0.0280. The van der Waals surface area contributed by atoms with Gasteiger partial charge in [-0.25, -0.2) is 8.42 Å². The Morgan fingerprint density at radius 3 is 2.14 bits per heavy atom. The van der Waals surface area contributed by atoms with Crippen LogP contribution in [0.3, 0.4) is 0 Å². The third kappa shape index (κ3) is 4.75. The Hall–Kier alpha value is -3.19. The molecule has 3 aromatic carbocycles. The van der Waals surface area contributed by atoms with E-state index in [9.17, 15) is 8.42 Å². The zero-order valence-corrected chi connectivity index (χ0v) is 16.4. The number of hydrogen-bond donors (Lipinski definition) is 1. The minimum Gasteiger partial charge on any atom is -0.497 e. The fourth-order valence-electron chi connectivity index (χ4n) is 2.57. The fraction of sp³-hybridized carbons (Fsp3) is 0.143. The molecule has 0 atom stereocenters. The molecule has 28 heavy (non-hydrogen) atoms. The first kappa shape index (κ1) is 19.6. The van der Waals surface area contributed by atoms with Crippen LogP contribution < -0.4 is 18.9 Å². The molecule has 0 saturated heterocycles. The van der Waals surface area contributed by atoms with Crippen molar-refractivity contribution in [3.05, 3.63) is 78.4 Å². The summed E-state index contributed by atoms with van der Waals surface area (Å²) in [6.07, 6.45) is 0. The van der Waals surface area contributed by atoms with Crippen LogP contribution in [0.1, 0.15) is 5.56 Å². The largest absolute Gasteiger partial charge is 0.497 e. The first-order valence-corrected chi connectivity index (χ1v) is 10.0. The molecule has 0 bridgehead atoms. The van der Waals surface area contributed by atoms with E-state index in [-0.39, 0.29) is 10.6 Å². The van der Waals surface area contributed by atoms with Crippen LogP contribution in [0.2, 0.25) is 0 Å². The van der Waals surface area contributed by atoms with Gasteiger partial charge in [0.05, 0.1) is 14.2 Å². The van der Waals surface area contributed by atoms with Crippen LogP contribution in [0.25, 0.3) is 0 Å². The first-order valence-electron chi connectivity index (χ1n) is 8.53. The van der Waals surface area contributed by atoms with Crippen LogP contribution >= 0.6 is 0 Å². The standard InChI is InChI=1S/C21H21NO5S/c1-25-19-12-13-21(20(14-19)26-2)28(23,24)22-17-8-10-18(11-9-17)27-15-16-6-4-3-5-7-16/h3-14,22H,15H2,1-2H3. The molecule has 0 aliphatic carbocycles. The average Bonchev–Trinajstić information content (AvgIpc) is 2.73. The molecule has 0 radical (unpaired) electrons. The predicted molar refractivity (Wildman–Crippen MR) is 108 cm³/mol. The molecule has 0 saturated carbocycles. The first-order chi connectivity index (χ1) is 13.5. The maximum atomic E-state index is 12.7. The Balaban J connectivity index is 1.71. The number of rotatable bonds is 8. The molecule has 7 heteroatoms. The van der Waals surface area contributed by atoms with Crippen molar-refractivity contribution in [1.82, 2.24) is 0 Å². The van der Waals surface area contributed by atoms with Crippen molar-refractivity contribution in [2.45, 2.75) is 11.5 Å². The SMILES string of the molecule is COc1ccc(S(=O)(=O)Nc2ccc(OCc3ccccc3)cc2)c(OC)c1. The Labute approximate surface area is 164 Å². The summed E-state index contributed by atoms with van der Waals surface area (Å²) in [5.74, 6) is 1.36. The Bertz CT molecular complexity index is 1020. The molecule has 0 heterocycles. The van der Waals surface area contributed by atoms with Gasteiger partial charge in [0.1, 0.15) is 28.8 Å². The molecule has 0 aromatic heterocycles. The van der Waals surface area contributed by atoms with Crippen LogP contribution in [0.5, 0.6) is 17.2 Å². The van der Waals surface area contributed by atoms with E-state index in [0.717, 1.165) is 5.56 Å². The molecule has 146 valence electrons. The lowest BCUT2D eigenvalue weighted by Gasteiger charge is -2.13. The van der Waals surface area contributed by atoms with Gasteiger partial charge in [0, 0.05) is 11.8 Å². The average molecular weight is 399 g/mol. The summed E-state index contributed by atoms with van der Waals surface area (Å²) in [5.41, 5.74) is 1.48. The van der Waals surface area contributed by atoms with E-state index >= 15 is 0 Å². The highest BCUT2D eigenvalue weighted by Crippen LogP contribution is 2.30. The normalized spacial score (nSPS) is 10.9. The highest BCUT2D eigenvalue weighted by Gasteiger charge is 2.20. The molecule has 6 nitrogen and oxygen atoms in total. The summed E-state index contributed by atoms with van der Waals surface area (Å²) in [6, 6.07) is 21.1. The van der Waals surface area contributed by atoms with E-state index in [1.807, 2.05) is 30.3 Å². The molecular formula is C21H21NO5S. The smallest absolute Gasteiger partial charge is 0.265 e. The number of nitrogens with one attached hydrogen (secondary N) is 1. The predicted octanol–water partition coefficient (Wildman–Crippen LogP) is 4.08. The molecule has 0 fully saturated rings. The molecule has 0 unspecified atom stereocenters. The van der Waals surface area contributed by atoms with Gasteiger partial charge < -0.3 is 14.2 Å². The lowest BCUT2D eigenvalue weighted by Crippen LogP contribution is -2.14. The van der Waals surface area contributed by atoms with Gasteiger partial charge in [-0.3, -0.25) is 4.72 Å². The second kappa shape index (κ2) is 8.67. The van der Waals surface area contributed by atoms with E-state index in [0.29, 0.717) is 23.8 Å². The molecule has 0 aliphatic heterocycles. The zero-order valence-electron chi connectivity index (χ0n) is 15.6. The third-order valence-corrected chi connectivity index (χ3v) is 5.44. The van der Waals surface area contributed by atoms with Crippen LogP contribution in [0.15, 0.2) is 77.7 Å². The van der Waals surface area contributed by atoms with Crippen LogP contribution in [0.4, 0.5) is 5.69 Å². The lowest BCUT2D eigenvalue weighted by molar-refractivity contribution is 0.306. The summed E-state index contributed by atoms with van der Waals surface area (Å²) < 4.78 is 44.0. The van der Waals surface area contributed by atoms with Gasteiger partial charge >= 0.3 is 0 Å². The van der Waals surface area contributed by atoms with Crippen molar-refractivity contribution in [3.63, 3.8) is 0 Å². The van der Waals surface area contributed by atoms with Crippen molar-refractivity contribution >= 4 is 15.7 Å². The summed E-state index contributed by atoms with van der Waals surface area (Å²) in [5, 5.41) is 0. The lowest BCUT2D eigenvalue weighted by atomic mass is 10.2. The highest BCUT2D eigenvalue weighted by atomic mass is 32.2. The van der Waals surface area contributed by atoms with Crippen molar-refractivity contribution in [2.24, 2.45) is 0 Å². The van der Waals surface area contributed by atoms with E-state index in [4.69, 9.17) is 14.2 Å². The van der Waals surface area contributed by atoms with Gasteiger partial charge in [-0.2, -0.15) is 0 Å². The fourth-order valence-corrected chi connectivity index (χ4v) is 3.78. The van der Waals surface area contributed by atoms with E-state index < -0.39 is 10.0 Å². The topological polar surface area (TPSA) is 73.9 Å². The molecular weight excluding hydrogens is 378 g/mol. The van der Waals surface area contributed by atoms with Crippen molar-refractivity contribution in [1.29, 1.82) is 0 Å². The van der Waals surface area contributed by atoms with Gasteiger partial charge in [-0.15, -0.1) is 0 Å². The summed E-state index contributed by atoms with van der Waals surface area (Å²) >= 11 is 0. The number of benzene rings is 3. The Morgan fingerprint density at radius 1 is 0.821 bits per heavy atom. The van der Waals surface area contributed by atoms with Crippen molar-refractivity contribution in [2.75, 3.05) is 18.9 Å². The van der Waals surface area contributed by atoms with Gasteiger partial charge in [-0.05, 0) is 42.0 Å². The summed E-state index contributed by atoms with van der Waals surface area (Å²) in [7, 11) is -0.909. The molecule has 0 spiro atoms. The van der Waals surface area contributed by atoms with Crippen molar-refractivity contribution in [3.8, 4) is 17.2 Å². The number of hydrogen-bond acceptors (Lipinski definition) is 5. The Morgan fingerprint density at radius 2 is 1.50 bits per heavy atom. The highest BCUT2D eigenvalue weighted by molar-refractivity contribution is 7.92.